The van der Waals surface area contributed by atoms with Crippen LogP contribution in [0.1, 0.15) is 30.0 Å². The largest absolute Gasteiger partial charge is 0.381 e. The van der Waals surface area contributed by atoms with Gasteiger partial charge in [-0.25, -0.2) is 0 Å². The number of hydrogen-bond acceptors (Lipinski definition) is 3. The maximum atomic E-state index is 12.3. The molecular formula is C20H17ClN4O. The molecule has 0 atom stereocenters. The molecule has 0 radical (unpaired) electrons. The van der Waals surface area contributed by atoms with Crippen LogP contribution in [0.25, 0.3) is 21.8 Å². The summed E-state index contributed by atoms with van der Waals surface area (Å²) in [6, 6.07) is 13.5. The smallest absolute Gasteiger partial charge is 0.253 e. The number of rotatable bonds is 4. The van der Waals surface area contributed by atoms with E-state index in [-0.39, 0.29) is 5.56 Å². The van der Waals surface area contributed by atoms with Crippen molar-refractivity contribution in [1.82, 2.24) is 15.2 Å². The number of nitrogens with zero attached hydrogens (tertiary/aromatic N) is 1. The standard InChI is InChI=1S/C20H17ClN4O/c21-14-3-5-17-12(8-14)7-13(20(26)23-17)10-22-15-4-6-18-16(9-15)19(25-24-18)11-1-2-11/h3-9,11,22H,1-2,10H2,(H,23,26)(H,24,25). The van der Waals surface area contributed by atoms with Crippen molar-refractivity contribution in [3.63, 3.8) is 0 Å². The molecule has 130 valence electrons. The van der Waals surface area contributed by atoms with E-state index in [0.717, 1.165) is 33.2 Å². The molecule has 1 fully saturated rings. The number of aromatic nitrogens is 3. The highest BCUT2D eigenvalue weighted by Crippen LogP contribution is 2.42. The third kappa shape index (κ3) is 2.74. The fraction of sp³-hybridized carbons (Fsp3) is 0.200. The number of halogens is 1. The number of benzene rings is 2. The van der Waals surface area contributed by atoms with E-state index in [1.165, 1.54) is 12.8 Å². The second-order valence-corrected chi connectivity index (χ2v) is 7.29. The van der Waals surface area contributed by atoms with Gasteiger partial charge in [0.2, 0.25) is 0 Å². The van der Waals surface area contributed by atoms with Gasteiger partial charge in [-0.1, -0.05) is 11.6 Å². The second kappa shape index (κ2) is 5.88. The van der Waals surface area contributed by atoms with Crippen molar-refractivity contribution in [2.75, 3.05) is 5.32 Å². The summed E-state index contributed by atoms with van der Waals surface area (Å²) in [5.41, 5.74) is 4.56. The molecule has 2 aromatic carbocycles. The SMILES string of the molecule is O=c1[nH]c2ccc(Cl)cc2cc1CNc1ccc2[nH]nc(C3CC3)c2c1. The van der Waals surface area contributed by atoms with Gasteiger partial charge in [0.05, 0.1) is 11.2 Å². The Labute approximate surface area is 154 Å². The molecule has 5 rings (SSSR count). The summed E-state index contributed by atoms with van der Waals surface area (Å²) < 4.78 is 0. The van der Waals surface area contributed by atoms with Gasteiger partial charge < -0.3 is 10.3 Å². The zero-order valence-electron chi connectivity index (χ0n) is 14.0. The Bertz CT molecular complexity index is 1190. The van der Waals surface area contributed by atoms with E-state index < -0.39 is 0 Å². The molecular weight excluding hydrogens is 348 g/mol. The lowest BCUT2D eigenvalue weighted by Gasteiger charge is -2.08. The Morgan fingerprint density at radius 3 is 2.81 bits per heavy atom. The van der Waals surface area contributed by atoms with Gasteiger partial charge in [0.15, 0.2) is 0 Å². The first kappa shape index (κ1) is 15.5. The first-order valence-corrected chi connectivity index (χ1v) is 9.08. The third-order valence-electron chi connectivity index (χ3n) is 4.92. The lowest BCUT2D eigenvalue weighted by atomic mass is 10.1. The van der Waals surface area contributed by atoms with Crippen LogP contribution in [0.3, 0.4) is 0 Å². The average Bonchev–Trinajstić information content (AvgIpc) is 3.39. The van der Waals surface area contributed by atoms with Crippen molar-refractivity contribution in [3.05, 3.63) is 69.1 Å². The van der Waals surface area contributed by atoms with Gasteiger partial charge in [0.25, 0.3) is 5.56 Å². The fourth-order valence-electron chi connectivity index (χ4n) is 3.36. The van der Waals surface area contributed by atoms with Gasteiger partial charge in [-0.15, -0.1) is 0 Å². The van der Waals surface area contributed by atoms with E-state index in [2.05, 4.69) is 26.6 Å². The van der Waals surface area contributed by atoms with Crippen molar-refractivity contribution >= 4 is 39.1 Å². The lowest BCUT2D eigenvalue weighted by molar-refractivity contribution is 0.978. The van der Waals surface area contributed by atoms with Crippen molar-refractivity contribution in [3.8, 4) is 0 Å². The van der Waals surface area contributed by atoms with Crippen LogP contribution in [0, 0.1) is 0 Å². The van der Waals surface area contributed by atoms with E-state index >= 15 is 0 Å². The summed E-state index contributed by atoms with van der Waals surface area (Å²) in [7, 11) is 0. The van der Waals surface area contributed by atoms with E-state index in [9.17, 15) is 4.79 Å². The zero-order valence-corrected chi connectivity index (χ0v) is 14.7. The van der Waals surface area contributed by atoms with Crippen LogP contribution in [0.4, 0.5) is 5.69 Å². The molecule has 5 nitrogen and oxygen atoms in total. The number of anilines is 1. The van der Waals surface area contributed by atoms with E-state index in [4.69, 9.17) is 11.6 Å². The molecule has 1 aliphatic carbocycles. The molecule has 1 aliphatic rings. The molecule has 4 aromatic rings. The molecule has 0 aliphatic heterocycles. The number of hydrogen-bond donors (Lipinski definition) is 3. The predicted octanol–water partition coefficient (Wildman–Crippen LogP) is 4.55. The molecule has 2 heterocycles. The van der Waals surface area contributed by atoms with Crippen molar-refractivity contribution < 1.29 is 0 Å². The third-order valence-corrected chi connectivity index (χ3v) is 5.16. The number of aromatic amines is 2. The highest BCUT2D eigenvalue weighted by Gasteiger charge is 2.27. The van der Waals surface area contributed by atoms with Crippen molar-refractivity contribution in [2.24, 2.45) is 0 Å². The first-order chi connectivity index (χ1) is 12.7. The van der Waals surface area contributed by atoms with Crippen LogP contribution in [-0.4, -0.2) is 15.2 Å². The monoisotopic (exact) mass is 364 g/mol. The fourth-order valence-corrected chi connectivity index (χ4v) is 3.54. The van der Waals surface area contributed by atoms with Gasteiger partial charge >= 0.3 is 0 Å². The first-order valence-electron chi connectivity index (χ1n) is 8.71. The molecule has 0 unspecified atom stereocenters. The molecule has 2 aromatic heterocycles. The predicted molar refractivity (Wildman–Crippen MR) is 105 cm³/mol. The Hall–Kier alpha value is -2.79. The van der Waals surface area contributed by atoms with E-state index in [1.807, 2.05) is 30.3 Å². The topological polar surface area (TPSA) is 73.6 Å². The number of H-pyrrole nitrogens is 2. The van der Waals surface area contributed by atoms with Gasteiger partial charge in [-0.3, -0.25) is 9.89 Å². The van der Waals surface area contributed by atoms with Crippen LogP contribution >= 0.6 is 11.6 Å². The summed E-state index contributed by atoms with van der Waals surface area (Å²) >= 11 is 6.06. The maximum Gasteiger partial charge on any atom is 0.253 e. The van der Waals surface area contributed by atoms with Crippen LogP contribution in [0.2, 0.25) is 5.02 Å². The molecule has 6 heteroatoms. The maximum absolute atomic E-state index is 12.3. The minimum absolute atomic E-state index is 0.0876. The molecule has 1 saturated carbocycles. The highest BCUT2D eigenvalue weighted by atomic mass is 35.5. The second-order valence-electron chi connectivity index (χ2n) is 6.85. The van der Waals surface area contributed by atoms with E-state index in [0.29, 0.717) is 23.0 Å². The number of fused-ring (bicyclic) bond motifs is 2. The van der Waals surface area contributed by atoms with Gasteiger partial charge in [0, 0.05) is 45.0 Å². The quantitative estimate of drug-likeness (QED) is 0.497. The Balaban J connectivity index is 1.44. The highest BCUT2D eigenvalue weighted by molar-refractivity contribution is 6.31. The molecule has 3 N–H and O–H groups in total. The van der Waals surface area contributed by atoms with Crippen LogP contribution in [-0.2, 0) is 6.54 Å². The molecule has 26 heavy (non-hydrogen) atoms. The summed E-state index contributed by atoms with van der Waals surface area (Å²) in [6.45, 7) is 0.444. The Kier molecular flexibility index (Phi) is 3.50. The molecule has 0 saturated heterocycles. The Morgan fingerprint density at radius 1 is 1.12 bits per heavy atom. The lowest BCUT2D eigenvalue weighted by Crippen LogP contribution is -2.15. The molecule has 0 amide bonds. The van der Waals surface area contributed by atoms with Gasteiger partial charge in [-0.05, 0) is 55.3 Å². The summed E-state index contributed by atoms with van der Waals surface area (Å²) in [5.74, 6) is 0.590. The summed E-state index contributed by atoms with van der Waals surface area (Å²) in [4.78, 5) is 15.2. The van der Waals surface area contributed by atoms with Gasteiger partial charge in [0.1, 0.15) is 0 Å². The summed E-state index contributed by atoms with van der Waals surface area (Å²) in [6.07, 6.45) is 2.43. The Morgan fingerprint density at radius 2 is 1.96 bits per heavy atom. The van der Waals surface area contributed by atoms with Crippen LogP contribution in [0.5, 0.6) is 0 Å². The number of nitrogens with one attached hydrogen (secondary N) is 3. The zero-order chi connectivity index (χ0) is 17.7. The summed E-state index contributed by atoms with van der Waals surface area (Å²) in [5, 5.41) is 13.7. The molecule has 0 spiro atoms. The molecule has 0 bridgehead atoms. The minimum atomic E-state index is -0.0876. The van der Waals surface area contributed by atoms with Crippen LogP contribution in [0.15, 0.2) is 47.3 Å². The minimum Gasteiger partial charge on any atom is -0.381 e. The number of pyridine rings is 1. The van der Waals surface area contributed by atoms with Crippen molar-refractivity contribution in [2.45, 2.75) is 25.3 Å². The van der Waals surface area contributed by atoms with Crippen LogP contribution < -0.4 is 10.9 Å². The van der Waals surface area contributed by atoms with Crippen molar-refractivity contribution in [1.29, 1.82) is 0 Å². The van der Waals surface area contributed by atoms with Gasteiger partial charge in [-0.2, -0.15) is 5.10 Å². The average molecular weight is 365 g/mol. The normalized spacial score (nSPS) is 14.2. The van der Waals surface area contributed by atoms with E-state index in [1.54, 1.807) is 6.07 Å².